The van der Waals surface area contributed by atoms with Crippen LogP contribution in [0.3, 0.4) is 0 Å². The second-order valence-electron chi connectivity index (χ2n) is 5.73. The summed E-state index contributed by atoms with van der Waals surface area (Å²) in [4.78, 5) is 11.8. The number of carbonyl (C=O) groups excluding carboxylic acids is 1. The van der Waals surface area contributed by atoms with Crippen LogP contribution in [0.4, 0.5) is 5.69 Å². The third kappa shape index (κ3) is 5.21. The average molecular weight is 311 g/mol. The number of hydrogen-bond acceptors (Lipinski definition) is 3. The molecule has 1 fully saturated rings. The molecule has 4 nitrogen and oxygen atoms in total. The molecule has 5 heteroatoms. The highest BCUT2D eigenvalue weighted by Crippen LogP contribution is 2.31. The molecule has 1 aromatic rings. The number of amides is 1. The van der Waals surface area contributed by atoms with Gasteiger partial charge in [-0.2, -0.15) is 0 Å². The molecule has 21 heavy (non-hydrogen) atoms. The highest BCUT2D eigenvalue weighted by Gasteiger charge is 2.17. The van der Waals surface area contributed by atoms with E-state index in [0.717, 1.165) is 12.8 Å². The minimum Gasteiger partial charge on any atom is -0.489 e. The molecule has 1 amide bonds. The van der Waals surface area contributed by atoms with Gasteiger partial charge in [-0.1, -0.05) is 11.6 Å². The Morgan fingerprint density at radius 3 is 2.81 bits per heavy atom. The van der Waals surface area contributed by atoms with Crippen molar-refractivity contribution in [1.29, 1.82) is 0 Å². The van der Waals surface area contributed by atoms with Crippen molar-refractivity contribution >= 4 is 23.2 Å². The van der Waals surface area contributed by atoms with Crippen molar-refractivity contribution in [3.63, 3.8) is 0 Å². The van der Waals surface area contributed by atoms with E-state index < -0.39 is 0 Å². The largest absolute Gasteiger partial charge is 0.489 e. The summed E-state index contributed by atoms with van der Waals surface area (Å²) in [6.45, 7) is 1.89. The predicted molar refractivity (Wildman–Crippen MR) is 85.8 cm³/mol. The Morgan fingerprint density at radius 1 is 1.48 bits per heavy atom. The first-order chi connectivity index (χ1) is 10.0. The van der Waals surface area contributed by atoms with E-state index in [1.165, 1.54) is 12.8 Å². The van der Waals surface area contributed by atoms with E-state index in [1.54, 1.807) is 6.07 Å². The number of rotatable bonds is 6. The van der Waals surface area contributed by atoms with Gasteiger partial charge in [-0.25, -0.2) is 0 Å². The molecule has 3 N–H and O–H groups in total. The predicted octanol–water partition coefficient (Wildman–Crippen LogP) is 3.73. The van der Waals surface area contributed by atoms with Crippen LogP contribution in [0.5, 0.6) is 5.75 Å². The van der Waals surface area contributed by atoms with E-state index in [4.69, 9.17) is 22.1 Å². The average Bonchev–Trinajstić information content (AvgIpc) is 2.92. The number of halogens is 1. The molecule has 1 atom stereocenters. The normalized spacial score (nSPS) is 16.7. The molecule has 0 aromatic heterocycles. The molecule has 1 aliphatic carbocycles. The summed E-state index contributed by atoms with van der Waals surface area (Å²) in [6.07, 6.45) is 5.97. The first kappa shape index (κ1) is 16.1. The molecule has 0 heterocycles. The summed E-state index contributed by atoms with van der Waals surface area (Å²) >= 11 is 6.22. The molecule has 1 aromatic carbocycles. The highest BCUT2D eigenvalue weighted by molar-refractivity contribution is 6.32. The van der Waals surface area contributed by atoms with Crippen molar-refractivity contribution in [2.75, 3.05) is 5.32 Å². The maximum Gasteiger partial charge on any atom is 0.224 e. The first-order valence-corrected chi connectivity index (χ1v) is 7.94. The van der Waals surface area contributed by atoms with Gasteiger partial charge < -0.3 is 15.8 Å². The number of anilines is 1. The summed E-state index contributed by atoms with van der Waals surface area (Å²) in [6, 6.07) is 5.40. The van der Waals surface area contributed by atoms with Crippen LogP contribution in [0.1, 0.15) is 45.4 Å². The van der Waals surface area contributed by atoms with Crippen LogP contribution >= 0.6 is 11.6 Å². The van der Waals surface area contributed by atoms with E-state index in [1.807, 2.05) is 19.1 Å². The smallest absolute Gasteiger partial charge is 0.224 e. The molecule has 0 aliphatic heterocycles. The van der Waals surface area contributed by atoms with Crippen molar-refractivity contribution in [3.05, 3.63) is 23.2 Å². The number of hydrogen-bond donors (Lipinski definition) is 2. The molecule has 0 saturated heterocycles. The molecule has 1 saturated carbocycles. The Balaban J connectivity index is 1.90. The Bertz CT molecular complexity index is 485. The highest BCUT2D eigenvalue weighted by atomic mass is 35.5. The van der Waals surface area contributed by atoms with E-state index in [2.05, 4.69) is 5.32 Å². The van der Waals surface area contributed by atoms with Gasteiger partial charge in [0.25, 0.3) is 0 Å². The standard InChI is InChI=1S/C16H23ClN2O2/c1-11(18)6-9-16(20)19-12-7-8-15(14(17)10-12)21-13-4-2-3-5-13/h7-8,10-11,13H,2-6,9,18H2,1H3,(H,19,20). The van der Waals surface area contributed by atoms with Crippen molar-refractivity contribution in [3.8, 4) is 5.75 Å². The lowest BCUT2D eigenvalue weighted by atomic mass is 10.2. The Labute approximate surface area is 131 Å². The molecule has 0 spiro atoms. The Kier molecular flexibility index (Phi) is 5.88. The van der Waals surface area contributed by atoms with Crippen LogP contribution in [0.15, 0.2) is 18.2 Å². The summed E-state index contributed by atoms with van der Waals surface area (Å²) in [5.41, 5.74) is 6.33. The molecule has 0 bridgehead atoms. The van der Waals surface area contributed by atoms with E-state index in [-0.39, 0.29) is 18.1 Å². The Morgan fingerprint density at radius 2 is 2.19 bits per heavy atom. The summed E-state index contributed by atoms with van der Waals surface area (Å²) in [7, 11) is 0. The van der Waals surface area contributed by atoms with Crippen LogP contribution < -0.4 is 15.8 Å². The van der Waals surface area contributed by atoms with Crippen LogP contribution in [0, 0.1) is 0 Å². The van der Waals surface area contributed by atoms with Crippen LogP contribution in [-0.2, 0) is 4.79 Å². The minimum absolute atomic E-state index is 0.0292. The van der Waals surface area contributed by atoms with E-state index in [0.29, 0.717) is 29.3 Å². The van der Waals surface area contributed by atoms with Gasteiger partial charge in [0, 0.05) is 18.2 Å². The summed E-state index contributed by atoms with van der Waals surface area (Å²) in [5, 5.41) is 3.36. The molecule has 1 unspecified atom stereocenters. The van der Waals surface area contributed by atoms with Crippen molar-refractivity contribution in [1.82, 2.24) is 0 Å². The quantitative estimate of drug-likeness (QED) is 0.841. The fraction of sp³-hybridized carbons (Fsp3) is 0.562. The van der Waals surface area contributed by atoms with Gasteiger partial charge in [0.1, 0.15) is 5.75 Å². The fourth-order valence-electron chi connectivity index (χ4n) is 2.44. The van der Waals surface area contributed by atoms with E-state index >= 15 is 0 Å². The van der Waals surface area contributed by atoms with Gasteiger partial charge >= 0.3 is 0 Å². The topological polar surface area (TPSA) is 64.4 Å². The van der Waals surface area contributed by atoms with Crippen LogP contribution in [0.25, 0.3) is 0 Å². The number of benzene rings is 1. The third-order valence-electron chi connectivity index (χ3n) is 3.64. The van der Waals surface area contributed by atoms with Crippen molar-refractivity contribution in [2.45, 2.75) is 57.6 Å². The van der Waals surface area contributed by atoms with Gasteiger partial charge in [-0.05, 0) is 57.2 Å². The zero-order valence-electron chi connectivity index (χ0n) is 12.4. The van der Waals surface area contributed by atoms with Crippen LogP contribution in [0.2, 0.25) is 5.02 Å². The SMILES string of the molecule is CC(N)CCC(=O)Nc1ccc(OC2CCCC2)c(Cl)c1. The fourth-order valence-corrected chi connectivity index (χ4v) is 2.67. The summed E-state index contributed by atoms with van der Waals surface area (Å²) < 4.78 is 5.88. The van der Waals surface area contributed by atoms with E-state index in [9.17, 15) is 4.79 Å². The molecule has 2 rings (SSSR count). The van der Waals surface area contributed by atoms with Crippen molar-refractivity contribution < 1.29 is 9.53 Å². The van der Waals surface area contributed by atoms with Gasteiger partial charge in [0.2, 0.25) is 5.91 Å². The maximum atomic E-state index is 11.8. The first-order valence-electron chi connectivity index (χ1n) is 7.56. The molecule has 116 valence electrons. The van der Waals surface area contributed by atoms with Gasteiger partial charge in [-0.3, -0.25) is 4.79 Å². The lowest BCUT2D eigenvalue weighted by Crippen LogP contribution is -2.19. The third-order valence-corrected chi connectivity index (χ3v) is 3.93. The Hall–Kier alpha value is -1.26. The van der Waals surface area contributed by atoms with Gasteiger partial charge in [0.05, 0.1) is 11.1 Å². The number of nitrogens with two attached hydrogens (primary N) is 1. The second-order valence-corrected chi connectivity index (χ2v) is 6.14. The molecule has 1 aliphatic rings. The number of ether oxygens (including phenoxy) is 1. The van der Waals surface area contributed by atoms with Gasteiger partial charge in [-0.15, -0.1) is 0 Å². The number of carbonyl (C=O) groups is 1. The lowest BCUT2D eigenvalue weighted by Gasteiger charge is -2.15. The lowest BCUT2D eigenvalue weighted by molar-refractivity contribution is -0.116. The van der Waals surface area contributed by atoms with Gasteiger partial charge in [0.15, 0.2) is 0 Å². The minimum atomic E-state index is -0.0483. The van der Waals surface area contributed by atoms with Crippen LogP contribution in [-0.4, -0.2) is 18.1 Å². The second kappa shape index (κ2) is 7.66. The zero-order valence-corrected chi connectivity index (χ0v) is 13.2. The molecular formula is C16H23ClN2O2. The zero-order chi connectivity index (χ0) is 15.2. The maximum absolute atomic E-state index is 11.8. The monoisotopic (exact) mass is 310 g/mol. The van der Waals surface area contributed by atoms with Crippen molar-refractivity contribution in [2.24, 2.45) is 5.73 Å². The molecule has 0 radical (unpaired) electrons. The summed E-state index contributed by atoms with van der Waals surface area (Å²) in [5.74, 6) is 0.643. The molecular weight excluding hydrogens is 288 g/mol. The number of nitrogens with one attached hydrogen (secondary N) is 1.